The number of aromatic amines is 1. The molecule has 2 heterocycles. The van der Waals surface area contributed by atoms with Gasteiger partial charge in [0.2, 0.25) is 5.95 Å². The molecule has 0 saturated heterocycles. The fraction of sp³-hybridized carbons (Fsp3) is 0.545. The number of imidazole rings is 1. The van der Waals surface area contributed by atoms with Crippen LogP contribution in [0, 0.1) is 0 Å². The van der Waals surface area contributed by atoms with Gasteiger partial charge in [0.25, 0.3) is 0 Å². The summed E-state index contributed by atoms with van der Waals surface area (Å²) in [4.78, 5) is 15.2. The Morgan fingerprint density at radius 3 is 2.94 bits per heavy atom. The smallest absolute Gasteiger partial charge is 0.224 e. The monoisotopic (exact) mass is 248 g/mol. The van der Waals surface area contributed by atoms with Crippen molar-refractivity contribution in [2.75, 3.05) is 17.6 Å². The van der Waals surface area contributed by atoms with E-state index in [0.717, 1.165) is 25.7 Å². The Hall–Kier alpha value is -1.89. The zero-order valence-corrected chi connectivity index (χ0v) is 9.98. The van der Waals surface area contributed by atoms with Crippen LogP contribution in [-0.2, 0) is 0 Å². The van der Waals surface area contributed by atoms with Gasteiger partial charge in [0.05, 0.1) is 11.9 Å². The number of aliphatic hydroxyl groups is 1. The van der Waals surface area contributed by atoms with Gasteiger partial charge in [-0.15, -0.1) is 0 Å². The number of nitrogens with two attached hydrogens (primary N) is 1. The molecule has 1 saturated carbocycles. The number of H-pyrrole nitrogens is 1. The number of nitrogens with zero attached hydrogens (tertiary/aromatic N) is 3. The third-order valence-electron chi connectivity index (χ3n) is 3.42. The predicted octanol–water partition coefficient (Wildman–Crippen LogP) is 0.652. The SMILES string of the molecule is Nc1nc(NCC2(O)CCCC2)c2[nH]cnc2n1. The summed E-state index contributed by atoms with van der Waals surface area (Å²) in [6.45, 7) is 0.470. The van der Waals surface area contributed by atoms with Crippen LogP contribution in [0.25, 0.3) is 11.2 Å². The second-order valence-corrected chi connectivity index (χ2v) is 4.82. The Bertz CT molecular complexity index is 560. The molecule has 5 N–H and O–H groups in total. The number of aromatic nitrogens is 4. The molecular weight excluding hydrogens is 232 g/mol. The van der Waals surface area contributed by atoms with Gasteiger partial charge in [-0.05, 0) is 12.8 Å². The van der Waals surface area contributed by atoms with Crippen LogP contribution in [0.2, 0.25) is 0 Å². The van der Waals surface area contributed by atoms with Gasteiger partial charge < -0.3 is 21.1 Å². The summed E-state index contributed by atoms with van der Waals surface area (Å²) in [6.07, 6.45) is 5.35. The normalized spacial score (nSPS) is 18.3. The van der Waals surface area contributed by atoms with E-state index in [0.29, 0.717) is 23.5 Å². The Morgan fingerprint density at radius 1 is 1.39 bits per heavy atom. The van der Waals surface area contributed by atoms with Crippen LogP contribution in [-0.4, -0.2) is 37.2 Å². The number of rotatable bonds is 3. The number of hydrogen-bond acceptors (Lipinski definition) is 6. The highest BCUT2D eigenvalue weighted by atomic mass is 16.3. The molecule has 0 bridgehead atoms. The van der Waals surface area contributed by atoms with Gasteiger partial charge in [0, 0.05) is 6.54 Å². The largest absolute Gasteiger partial charge is 0.388 e. The first-order chi connectivity index (χ1) is 8.66. The maximum atomic E-state index is 10.3. The molecular formula is C11H16N6O. The number of nitrogens with one attached hydrogen (secondary N) is 2. The van der Waals surface area contributed by atoms with Crippen LogP contribution >= 0.6 is 0 Å². The minimum absolute atomic E-state index is 0.176. The van der Waals surface area contributed by atoms with Crippen molar-refractivity contribution in [2.24, 2.45) is 0 Å². The van der Waals surface area contributed by atoms with E-state index >= 15 is 0 Å². The molecule has 0 amide bonds. The summed E-state index contributed by atoms with van der Waals surface area (Å²) in [5, 5.41) is 13.4. The van der Waals surface area contributed by atoms with Crippen molar-refractivity contribution in [1.29, 1.82) is 0 Å². The first kappa shape index (κ1) is 11.2. The summed E-state index contributed by atoms with van der Waals surface area (Å²) >= 11 is 0. The van der Waals surface area contributed by atoms with E-state index in [1.807, 2.05) is 0 Å². The first-order valence-electron chi connectivity index (χ1n) is 6.09. The lowest BCUT2D eigenvalue weighted by Gasteiger charge is -2.22. The highest BCUT2D eigenvalue weighted by Gasteiger charge is 2.31. The molecule has 1 aliphatic rings. The van der Waals surface area contributed by atoms with Gasteiger partial charge in [-0.2, -0.15) is 9.97 Å². The van der Waals surface area contributed by atoms with Crippen molar-refractivity contribution < 1.29 is 5.11 Å². The summed E-state index contributed by atoms with van der Waals surface area (Å²) in [6, 6.07) is 0. The van der Waals surface area contributed by atoms with Crippen molar-refractivity contribution in [2.45, 2.75) is 31.3 Å². The van der Waals surface area contributed by atoms with Crippen LogP contribution in [0.15, 0.2) is 6.33 Å². The Morgan fingerprint density at radius 2 is 2.17 bits per heavy atom. The second kappa shape index (κ2) is 4.09. The van der Waals surface area contributed by atoms with E-state index in [1.165, 1.54) is 0 Å². The van der Waals surface area contributed by atoms with Crippen LogP contribution in [0.4, 0.5) is 11.8 Å². The van der Waals surface area contributed by atoms with E-state index in [-0.39, 0.29) is 5.95 Å². The quantitative estimate of drug-likeness (QED) is 0.634. The van der Waals surface area contributed by atoms with E-state index in [2.05, 4.69) is 25.3 Å². The lowest BCUT2D eigenvalue weighted by atomic mass is 10.0. The molecule has 18 heavy (non-hydrogen) atoms. The van der Waals surface area contributed by atoms with Crippen molar-refractivity contribution in [3.63, 3.8) is 0 Å². The molecule has 96 valence electrons. The second-order valence-electron chi connectivity index (χ2n) is 4.82. The van der Waals surface area contributed by atoms with Gasteiger partial charge in [0.15, 0.2) is 11.5 Å². The molecule has 1 aliphatic carbocycles. The van der Waals surface area contributed by atoms with Gasteiger partial charge in [0.1, 0.15) is 5.52 Å². The summed E-state index contributed by atoms with van der Waals surface area (Å²) < 4.78 is 0. The van der Waals surface area contributed by atoms with Crippen molar-refractivity contribution >= 4 is 22.9 Å². The standard InChI is InChI=1S/C11H16N6O/c12-10-16-8(7-9(17-10)15-6-14-7)13-5-11(18)3-1-2-4-11/h6,18H,1-5H2,(H4,12,13,14,15,16,17). The molecule has 3 rings (SSSR count). The lowest BCUT2D eigenvalue weighted by Crippen LogP contribution is -2.33. The molecule has 7 heteroatoms. The zero-order valence-electron chi connectivity index (χ0n) is 9.98. The maximum Gasteiger partial charge on any atom is 0.224 e. The van der Waals surface area contributed by atoms with Crippen molar-refractivity contribution in [3.8, 4) is 0 Å². The number of fused-ring (bicyclic) bond motifs is 1. The highest BCUT2D eigenvalue weighted by molar-refractivity contribution is 5.83. The number of nitrogen functional groups attached to an aromatic ring is 1. The molecule has 7 nitrogen and oxygen atoms in total. The van der Waals surface area contributed by atoms with Gasteiger partial charge in [-0.3, -0.25) is 0 Å². The summed E-state index contributed by atoms with van der Waals surface area (Å²) in [5.74, 6) is 0.769. The number of anilines is 2. The topological polar surface area (TPSA) is 113 Å². The maximum absolute atomic E-state index is 10.3. The third kappa shape index (κ3) is 1.97. The summed E-state index contributed by atoms with van der Waals surface area (Å²) in [7, 11) is 0. The van der Waals surface area contributed by atoms with Crippen LogP contribution in [0.5, 0.6) is 0 Å². The van der Waals surface area contributed by atoms with Gasteiger partial charge in [-0.25, -0.2) is 4.98 Å². The molecule has 1 fully saturated rings. The summed E-state index contributed by atoms with van der Waals surface area (Å²) in [5.41, 5.74) is 6.23. The van der Waals surface area contributed by atoms with E-state index in [1.54, 1.807) is 6.33 Å². The molecule has 0 aliphatic heterocycles. The minimum atomic E-state index is -0.633. The molecule has 2 aromatic heterocycles. The predicted molar refractivity (Wildman–Crippen MR) is 68.0 cm³/mol. The average molecular weight is 248 g/mol. The fourth-order valence-corrected chi connectivity index (χ4v) is 2.44. The zero-order chi connectivity index (χ0) is 12.6. The first-order valence-corrected chi connectivity index (χ1v) is 6.09. The molecule has 0 radical (unpaired) electrons. The van der Waals surface area contributed by atoms with Gasteiger partial charge in [-0.1, -0.05) is 12.8 Å². The van der Waals surface area contributed by atoms with Crippen molar-refractivity contribution in [3.05, 3.63) is 6.33 Å². The van der Waals surface area contributed by atoms with E-state index < -0.39 is 5.60 Å². The lowest BCUT2D eigenvalue weighted by molar-refractivity contribution is 0.0614. The highest BCUT2D eigenvalue weighted by Crippen LogP contribution is 2.30. The Labute approximate surface area is 104 Å². The molecule has 0 atom stereocenters. The molecule has 0 spiro atoms. The van der Waals surface area contributed by atoms with Crippen LogP contribution in [0.1, 0.15) is 25.7 Å². The number of hydrogen-bond donors (Lipinski definition) is 4. The van der Waals surface area contributed by atoms with E-state index in [4.69, 9.17) is 5.73 Å². The van der Waals surface area contributed by atoms with Gasteiger partial charge >= 0.3 is 0 Å². The minimum Gasteiger partial charge on any atom is -0.388 e. The van der Waals surface area contributed by atoms with E-state index in [9.17, 15) is 5.11 Å². The van der Waals surface area contributed by atoms with Crippen LogP contribution in [0.3, 0.4) is 0 Å². The molecule has 0 aromatic carbocycles. The Kier molecular flexibility index (Phi) is 2.55. The average Bonchev–Trinajstić information content (AvgIpc) is 2.95. The third-order valence-corrected chi connectivity index (χ3v) is 3.42. The molecule has 2 aromatic rings. The fourth-order valence-electron chi connectivity index (χ4n) is 2.44. The molecule has 0 unspecified atom stereocenters. The van der Waals surface area contributed by atoms with Crippen molar-refractivity contribution in [1.82, 2.24) is 19.9 Å². The Balaban J connectivity index is 1.83. The van der Waals surface area contributed by atoms with Crippen LogP contribution < -0.4 is 11.1 Å².